The molecule has 0 radical (unpaired) electrons. The number of hydrogen-bond acceptors (Lipinski definition) is 0. The van der Waals surface area contributed by atoms with Crippen LogP contribution in [0.2, 0.25) is 0 Å². The van der Waals surface area contributed by atoms with Gasteiger partial charge in [-0.15, -0.1) is 0 Å². The molecule has 0 aliphatic heterocycles. The summed E-state index contributed by atoms with van der Waals surface area (Å²) in [4.78, 5) is 0. The fraction of sp³-hybridized carbons (Fsp3) is 0. The molecule has 0 saturated carbocycles. The van der Waals surface area contributed by atoms with Gasteiger partial charge in [-0.3, -0.25) is 0 Å². The van der Waals surface area contributed by atoms with E-state index >= 15 is 0 Å². The molecule has 0 N–H and O–H groups in total. The Kier molecular flexibility index (Phi) is 9.07. The van der Waals surface area contributed by atoms with Gasteiger partial charge in [0.1, 0.15) is 0 Å². The van der Waals surface area contributed by atoms with Gasteiger partial charge in [0.2, 0.25) is 0 Å². The molecule has 1 unspecified atom stereocenters. The average Bonchev–Trinajstić information content (AvgIpc) is 0.650. The first-order chi connectivity index (χ1) is 2.24. The second kappa shape index (κ2) is 4.51. The Balaban J connectivity index is 0. The smallest absolute Gasteiger partial charge is 0.153 e. The molecule has 48 valence electrons. The van der Waals surface area contributed by atoms with Crippen LogP contribution in [0.5, 0.6) is 0 Å². The topological polar surface area (TPSA) is 0 Å². The molecule has 0 aliphatic carbocycles. The molecule has 0 aromatic carbocycles. The third kappa shape index (κ3) is 37.4. The maximum atomic E-state index is 2.49. The summed E-state index contributed by atoms with van der Waals surface area (Å²) in [6.07, 6.45) is 0. The van der Waals surface area contributed by atoms with E-state index in [4.69, 9.17) is 0 Å². The largest absolute Gasteiger partial charge is 0.153 e. The summed E-state index contributed by atoms with van der Waals surface area (Å²) in [5, 5.41) is 0. The molecule has 0 amide bonds. The second-order valence-corrected chi connectivity index (χ2v) is 86.2. The molecule has 0 bridgehead atoms. The maximum absolute atomic E-state index is 2.49. The number of halogens is 5. The molecule has 7 heavy (non-hydrogen) atoms. The molecule has 0 heterocycles. The minimum Gasteiger partial charge on any atom is -0.153 e. The standard InChI is InChI=1S/I5P.H3P/c1-6(2,3,4)5;/h;1H3. The summed E-state index contributed by atoms with van der Waals surface area (Å²) >= 11 is 12.4. The van der Waals surface area contributed by atoms with E-state index in [1.54, 1.807) is 0 Å². The van der Waals surface area contributed by atoms with Crippen LogP contribution in [0.1, 0.15) is 0 Å². The van der Waals surface area contributed by atoms with Gasteiger partial charge in [0, 0.05) is 0 Å². The van der Waals surface area contributed by atoms with Gasteiger partial charge in [-0.05, 0) is 0 Å². The van der Waals surface area contributed by atoms with Crippen molar-refractivity contribution in [2.45, 2.75) is 0 Å². The molecule has 0 rings (SSSR count). The van der Waals surface area contributed by atoms with Crippen molar-refractivity contribution in [3.05, 3.63) is 0 Å². The Morgan fingerprint density at radius 3 is 0.714 bits per heavy atom. The van der Waals surface area contributed by atoms with E-state index in [1.165, 1.54) is 0 Å². The van der Waals surface area contributed by atoms with Gasteiger partial charge >= 0.3 is 105 Å². The van der Waals surface area contributed by atoms with Gasteiger partial charge in [0.05, 0.1) is 0 Å². The molecule has 0 aromatic heterocycles. The zero-order valence-electron chi connectivity index (χ0n) is 3.04. The van der Waals surface area contributed by atoms with E-state index in [1.807, 2.05) is 0 Å². The third-order valence-corrected chi connectivity index (χ3v) is 0. The normalized spacial score (nSPS) is 16.4. The molecule has 0 fully saturated rings. The first kappa shape index (κ1) is 14.1. The Morgan fingerprint density at radius 1 is 0.714 bits per heavy atom. The van der Waals surface area contributed by atoms with Crippen LogP contribution in [-0.4, -0.2) is 0 Å². The molecule has 1 atom stereocenters. The van der Waals surface area contributed by atoms with Gasteiger partial charge < -0.3 is 0 Å². The minimum atomic E-state index is -1.20. The first-order valence-electron chi connectivity index (χ1n) is 0.845. The minimum absolute atomic E-state index is 0. The summed E-state index contributed by atoms with van der Waals surface area (Å²) in [5.41, 5.74) is 0. The predicted octanol–water partition coefficient (Wildman–Crippen LogP) is 5.35. The summed E-state index contributed by atoms with van der Waals surface area (Å²) in [5.74, 6) is 0. The van der Waals surface area contributed by atoms with E-state index in [2.05, 4.69) is 110 Å². The van der Waals surface area contributed by atoms with Crippen LogP contribution in [0.25, 0.3) is 0 Å². The monoisotopic (exact) mass is 699 g/mol. The summed E-state index contributed by atoms with van der Waals surface area (Å²) in [6, 6.07) is 0. The summed E-state index contributed by atoms with van der Waals surface area (Å²) < 4.78 is -1.20. The third-order valence-electron chi connectivity index (χ3n) is 0. The molecule has 0 saturated heterocycles. The van der Waals surface area contributed by atoms with E-state index in [0.29, 0.717) is 0 Å². The van der Waals surface area contributed by atoms with Crippen molar-refractivity contribution in [1.82, 2.24) is 0 Å². The number of hydrogen-bond donors (Lipinski definition) is 0. The fourth-order valence-electron chi connectivity index (χ4n) is 0. The summed E-state index contributed by atoms with van der Waals surface area (Å²) in [6.45, 7) is 0. The average molecular weight is 699 g/mol. The van der Waals surface area contributed by atoms with Crippen molar-refractivity contribution in [2.75, 3.05) is 0 Å². The van der Waals surface area contributed by atoms with Crippen LogP contribution in [0.3, 0.4) is 0 Å². The van der Waals surface area contributed by atoms with Crippen molar-refractivity contribution >= 4 is 115 Å². The quantitative estimate of drug-likeness (QED) is 0.237. The molecule has 0 aliphatic rings. The van der Waals surface area contributed by atoms with Crippen LogP contribution in [0.4, 0.5) is 0 Å². The van der Waals surface area contributed by atoms with Crippen molar-refractivity contribution in [3.8, 4) is 0 Å². The van der Waals surface area contributed by atoms with Gasteiger partial charge in [-0.2, -0.15) is 9.90 Å². The first-order valence-corrected chi connectivity index (χ1v) is 17.0. The van der Waals surface area contributed by atoms with Crippen LogP contribution in [0, 0.1) is 0 Å². The zero-order chi connectivity index (χ0) is 5.45. The van der Waals surface area contributed by atoms with E-state index in [0.717, 1.165) is 0 Å². The fourth-order valence-corrected chi connectivity index (χ4v) is 0. The van der Waals surface area contributed by atoms with Crippen LogP contribution in [0.15, 0.2) is 0 Å². The van der Waals surface area contributed by atoms with E-state index in [-0.39, 0.29) is 9.90 Å². The van der Waals surface area contributed by atoms with Crippen molar-refractivity contribution in [2.24, 2.45) is 0 Å². The molecular weight excluding hydrogens is 696 g/mol. The zero-order valence-corrected chi connectivity index (χ0v) is 16.1. The Bertz CT molecular complexity index is 39.3. The second-order valence-electron chi connectivity index (χ2n) is 0.639. The molecule has 0 aromatic rings. The van der Waals surface area contributed by atoms with E-state index < -0.39 is -5.18 Å². The van der Waals surface area contributed by atoms with Crippen molar-refractivity contribution < 1.29 is 0 Å². The molecule has 0 nitrogen and oxygen atoms in total. The SMILES string of the molecule is IP(I)(I)(I)I.P. The Hall–Kier alpha value is 4.51. The Morgan fingerprint density at radius 2 is 0.714 bits per heavy atom. The van der Waals surface area contributed by atoms with Crippen molar-refractivity contribution in [3.63, 3.8) is 0 Å². The van der Waals surface area contributed by atoms with Gasteiger partial charge in [0.15, 0.2) is 0 Å². The van der Waals surface area contributed by atoms with Gasteiger partial charge in [0.25, 0.3) is 0 Å². The maximum Gasteiger partial charge on any atom is -0.153 e. The van der Waals surface area contributed by atoms with Gasteiger partial charge in [-0.1, -0.05) is 0 Å². The van der Waals surface area contributed by atoms with Gasteiger partial charge in [-0.25, -0.2) is 0 Å². The van der Waals surface area contributed by atoms with Crippen LogP contribution < -0.4 is 0 Å². The molecular formula is H3I5P2. The van der Waals surface area contributed by atoms with Crippen LogP contribution >= 0.6 is 115 Å². The molecule has 7 heteroatoms. The van der Waals surface area contributed by atoms with Crippen LogP contribution in [-0.2, 0) is 0 Å². The molecule has 0 spiro atoms. The Labute approximate surface area is 112 Å². The number of rotatable bonds is 0. The van der Waals surface area contributed by atoms with E-state index in [9.17, 15) is 0 Å². The summed E-state index contributed by atoms with van der Waals surface area (Å²) in [7, 11) is 0. The van der Waals surface area contributed by atoms with Crippen molar-refractivity contribution in [1.29, 1.82) is 0 Å². The predicted molar refractivity (Wildman–Crippen MR) is 88.1 cm³/mol.